The minimum atomic E-state index is -0.574. The van der Waals surface area contributed by atoms with E-state index in [0.29, 0.717) is 33.6 Å². The van der Waals surface area contributed by atoms with Crippen LogP contribution in [-0.2, 0) is 4.79 Å². The number of fused-ring (bicyclic) bond motifs is 2. The van der Waals surface area contributed by atoms with Crippen LogP contribution in [-0.4, -0.2) is 49.1 Å². The molecular formula is C20H20ClFN8O. The van der Waals surface area contributed by atoms with Crippen molar-refractivity contribution >= 4 is 45.6 Å². The lowest BCUT2D eigenvalue weighted by molar-refractivity contribution is -0.119. The molecule has 0 saturated carbocycles. The molecule has 1 unspecified atom stereocenters. The summed E-state index contributed by atoms with van der Waals surface area (Å²) in [5.41, 5.74) is 2.21. The molecule has 0 spiro atoms. The smallest absolute Gasteiger partial charge is 0.242 e. The van der Waals surface area contributed by atoms with Gasteiger partial charge in [-0.3, -0.25) is 14.9 Å². The predicted molar refractivity (Wildman–Crippen MR) is 117 cm³/mol. The van der Waals surface area contributed by atoms with E-state index in [9.17, 15) is 4.79 Å². The average molecular weight is 443 g/mol. The van der Waals surface area contributed by atoms with Gasteiger partial charge in [-0.15, -0.1) is 0 Å². The molecule has 0 bridgehead atoms. The zero-order valence-corrected chi connectivity index (χ0v) is 17.6. The SMILES string of the molecule is CC(C)Nc1c(F)c(Cl)c(-c2cn3cc(NC(=O)C4CCN4)nc3cn2)c2cn[nH]c12. The van der Waals surface area contributed by atoms with Crippen molar-refractivity contribution in [2.45, 2.75) is 32.4 Å². The second kappa shape index (κ2) is 7.47. The lowest BCUT2D eigenvalue weighted by Crippen LogP contribution is -2.50. The summed E-state index contributed by atoms with van der Waals surface area (Å²) in [6, 6.07) is -0.181. The summed E-state index contributed by atoms with van der Waals surface area (Å²) in [6.07, 6.45) is 7.33. The van der Waals surface area contributed by atoms with E-state index in [4.69, 9.17) is 11.6 Å². The van der Waals surface area contributed by atoms with Gasteiger partial charge in [0.1, 0.15) is 0 Å². The van der Waals surface area contributed by atoms with Gasteiger partial charge in [0.05, 0.1) is 46.6 Å². The van der Waals surface area contributed by atoms with Crippen molar-refractivity contribution in [2.75, 3.05) is 17.2 Å². The van der Waals surface area contributed by atoms with E-state index in [1.54, 1.807) is 29.2 Å². The topological polar surface area (TPSA) is 112 Å². The van der Waals surface area contributed by atoms with Gasteiger partial charge < -0.3 is 20.4 Å². The van der Waals surface area contributed by atoms with Crippen molar-refractivity contribution in [1.29, 1.82) is 0 Å². The minimum absolute atomic E-state index is 0.00658. The number of hydrogen-bond acceptors (Lipinski definition) is 6. The number of nitrogens with zero attached hydrogens (tertiary/aromatic N) is 4. The highest BCUT2D eigenvalue weighted by Gasteiger charge is 2.25. The first kappa shape index (κ1) is 19.7. The van der Waals surface area contributed by atoms with Crippen LogP contribution in [0.15, 0.2) is 24.8 Å². The number of rotatable bonds is 5. The maximum atomic E-state index is 15.1. The Morgan fingerprint density at radius 2 is 2.16 bits per heavy atom. The number of aromatic nitrogens is 5. The highest BCUT2D eigenvalue weighted by Crippen LogP contribution is 2.40. The number of benzene rings is 1. The molecule has 0 aliphatic carbocycles. The standard InChI is InChI=1S/C20H20ClFN8O/c1-9(2)26-19-17(22)16(21)15(10-5-25-29-18(10)19)12-7-30-8-13(27-14(30)6-24-12)28-20(31)11-3-4-23-11/h5-9,11,23,26H,3-4H2,1-2H3,(H,25,29)(H,28,31). The van der Waals surface area contributed by atoms with Crippen LogP contribution in [0, 0.1) is 5.82 Å². The van der Waals surface area contributed by atoms with Gasteiger partial charge in [-0.1, -0.05) is 11.6 Å². The number of amides is 1. The number of halogens is 2. The third-order valence-electron chi connectivity index (χ3n) is 5.21. The Hall–Kier alpha value is -3.24. The maximum absolute atomic E-state index is 15.1. The number of carbonyl (C=O) groups excluding carboxylic acids is 1. The third kappa shape index (κ3) is 3.37. The molecule has 1 fully saturated rings. The van der Waals surface area contributed by atoms with E-state index in [1.807, 2.05) is 13.8 Å². The monoisotopic (exact) mass is 442 g/mol. The molecule has 31 heavy (non-hydrogen) atoms. The van der Waals surface area contributed by atoms with Gasteiger partial charge in [-0.05, 0) is 26.8 Å². The average Bonchev–Trinajstić information content (AvgIpc) is 3.30. The summed E-state index contributed by atoms with van der Waals surface area (Å²) in [4.78, 5) is 21.0. The van der Waals surface area contributed by atoms with Crippen LogP contribution in [0.3, 0.4) is 0 Å². The molecule has 160 valence electrons. The van der Waals surface area contributed by atoms with Gasteiger partial charge in [0, 0.05) is 23.2 Å². The van der Waals surface area contributed by atoms with Crippen molar-refractivity contribution < 1.29 is 9.18 Å². The van der Waals surface area contributed by atoms with Crippen LogP contribution < -0.4 is 16.0 Å². The van der Waals surface area contributed by atoms with E-state index in [1.165, 1.54) is 0 Å². The van der Waals surface area contributed by atoms with E-state index >= 15 is 4.39 Å². The van der Waals surface area contributed by atoms with E-state index < -0.39 is 5.82 Å². The quantitative estimate of drug-likeness (QED) is 0.377. The van der Waals surface area contributed by atoms with Crippen molar-refractivity contribution in [3.05, 3.63) is 35.6 Å². The van der Waals surface area contributed by atoms with Crippen LogP contribution in [0.1, 0.15) is 20.3 Å². The normalized spacial score (nSPS) is 16.1. The fourth-order valence-corrected chi connectivity index (χ4v) is 3.90. The van der Waals surface area contributed by atoms with Crippen molar-refractivity contribution in [2.24, 2.45) is 0 Å². The lowest BCUT2D eigenvalue weighted by atomic mass is 10.1. The van der Waals surface area contributed by atoms with Crippen LogP contribution in [0.4, 0.5) is 15.9 Å². The Morgan fingerprint density at radius 3 is 2.87 bits per heavy atom. The van der Waals surface area contributed by atoms with Gasteiger partial charge in [-0.2, -0.15) is 5.10 Å². The first-order valence-electron chi connectivity index (χ1n) is 9.92. The number of carbonyl (C=O) groups is 1. The molecule has 4 aromatic rings. The fraction of sp³-hybridized carbons (Fsp3) is 0.300. The van der Waals surface area contributed by atoms with Crippen LogP contribution in [0.25, 0.3) is 27.8 Å². The zero-order valence-electron chi connectivity index (χ0n) is 16.8. The van der Waals surface area contributed by atoms with Gasteiger partial charge in [-0.25, -0.2) is 9.37 Å². The summed E-state index contributed by atoms with van der Waals surface area (Å²) in [5, 5.41) is 16.4. The minimum Gasteiger partial charge on any atom is -0.379 e. The zero-order chi connectivity index (χ0) is 21.7. The molecule has 1 saturated heterocycles. The number of imidazole rings is 1. The lowest BCUT2D eigenvalue weighted by Gasteiger charge is -2.25. The van der Waals surface area contributed by atoms with Crippen molar-refractivity contribution in [3.63, 3.8) is 0 Å². The van der Waals surface area contributed by atoms with Gasteiger partial charge in [0.25, 0.3) is 0 Å². The Morgan fingerprint density at radius 1 is 1.35 bits per heavy atom. The van der Waals surface area contributed by atoms with Gasteiger partial charge >= 0.3 is 0 Å². The molecule has 4 heterocycles. The molecule has 3 aromatic heterocycles. The molecule has 11 heteroatoms. The Bertz CT molecular complexity index is 1310. The molecular weight excluding hydrogens is 423 g/mol. The summed E-state index contributed by atoms with van der Waals surface area (Å²) < 4.78 is 16.9. The largest absolute Gasteiger partial charge is 0.379 e. The third-order valence-corrected chi connectivity index (χ3v) is 5.57. The van der Waals surface area contributed by atoms with Crippen LogP contribution in [0.2, 0.25) is 5.02 Å². The first-order valence-corrected chi connectivity index (χ1v) is 10.3. The summed E-state index contributed by atoms with van der Waals surface area (Å²) >= 11 is 6.45. The highest BCUT2D eigenvalue weighted by molar-refractivity contribution is 6.35. The number of hydrogen-bond donors (Lipinski definition) is 4. The second-order valence-electron chi connectivity index (χ2n) is 7.78. The molecule has 1 aliphatic heterocycles. The van der Waals surface area contributed by atoms with E-state index in [2.05, 4.69) is 36.1 Å². The van der Waals surface area contributed by atoms with Crippen LogP contribution in [0.5, 0.6) is 0 Å². The Kier molecular flexibility index (Phi) is 4.75. The molecule has 1 amide bonds. The summed E-state index contributed by atoms with van der Waals surface area (Å²) in [7, 11) is 0. The van der Waals surface area contributed by atoms with Crippen molar-refractivity contribution in [1.82, 2.24) is 29.9 Å². The number of H-pyrrole nitrogens is 1. The van der Waals surface area contributed by atoms with E-state index in [0.717, 1.165) is 13.0 Å². The highest BCUT2D eigenvalue weighted by atomic mass is 35.5. The number of nitrogens with one attached hydrogen (secondary N) is 4. The molecule has 1 aliphatic rings. The molecule has 4 N–H and O–H groups in total. The molecule has 1 atom stereocenters. The molecule has 5 rings (SSSR count). The van der Waals surface area contributed by atoms with Crippen LogP contribution >= 0.6 is 11.6 Å². The number of anilines is 2. The van der Waals surface area contributed by atoms with Gasteiger partial charge in [0.15, 0.2) is 17.3 Å². The molecule has 9 nitrogen and oxygen atoms in total. The Labute approximate surface area is 181 Å². The van der Waals surface area contributed by atoms with Gasteiger partial charge in [0.2, 0.25) is 5.91 Å². The first-order chi connectivity index (χ1) is 14.9. The Balaban J connectivity index is 1.57. The molecule has 0 radical (unpaired) electrons. The summed E-state index contributed by atoms with van der Waals surface area (Å²) in [6.45, 7) is 4.66. The summed E-state index contributed by atoms with van der Waals surface area (Å²) in [5.74, 6) is -0.281. The second-order valence-corrected chi connectivity index (χ2v) is 8.16. The van der Waals surface area contributed by atoms with E-state index in [-0.39, 0.29) is 28.7 Å². The predicted octanol–water partition coefficient (Wildman–Crippen LogP) is 3.19. The molecule has 1 aromatic carbocycles. The fourth-order valence-electron chi connectivity index (χ4n) is 3.60. The van der Waals surface area contributed by atoms with Crippen molar-refractivity contribution in [3.8, 4) is 11.3 Å². The number of aromatic amines is 1. The maximum Gasteiger partial charge on any atom is 0.242 e.